The van der Waals surface area contributed by atoms with Crippen molar-refractivity contribution < 1.29 is 0 Å². The van der Waals surface area contributed by atoms with Gasteiger partial charge in [-0.2, -0.15) is 0 Å². The molecule has 0 fully saturated rings. The van der Waals surface area contributed by atoms with E-state index in [1.807, 2.05) is 0 Å². The maximum atomic E-state index is 3.45. The molecule has 0 amide bonds. The largest absolute Gasteiger partial charge is 0.315 e. The fourth-order valence-corrected chi connectivity index (χ4v) is 1.75. The molecule has 0 spiro atoms. The van der Waals surface area contributed by atoms with Gasteiger partial charge in [-0.3, -0.25) is 0 Å². The fourth-order valence-electron chi connectivity index (χ4n) is 1.75. The Hall–Kier alpha value is -0.820. The molecule has 15 heavy (non-hydrogen) atoms. The normalized spacial score (nSPS) is 11.0. The predicted molar refractivity (Wildman–Crippen MR) is 67.4 cm³/mol. The van der Waals surface area contributed by atoms with Crippen LogP contribution in [0.25, 0.3) is 0 Å². The van der Waals surface area contributed by atoms with Crippen LogP contribution in [0.5, 0.6) is 0 Å². The molecule has 0 saturated heterocycles. The van der Waals surface area contributed by atoms with E-state index < -0.39 is 0 Å². The molecule has 1 heteroatoms. The molecule has 84 valence electrons. The maximum Gasteiger partial charge on any atom is 0.00103 e. The number of rotatable bonds is 5. The summed E-state index contributed by atoms with van der Waals surface area (Å²) in [5.74, 6) is 0. The molecule has 0 bridgehead atoms. The summed E-state index contributed by atoms with van der Waals surface area (Å²) in [5, 5.41) is 3.45. The first kappa shape index (κ1) is 12.3. The zero-order valence-corrected chi connectivity index (χ0v) is 10.4. The zero-order chi connectivity index (χ0) is 11.3. The van der Waals surface area contributed by atoms with E-state index in [0.717, 1.165) is 6.54 Å². The molecule has 0 aliphatic carbocycles. The van der Waals surface area contributed by atoms with Crippen LogP contribution in [0.1, 0.15) is 37.0 Å². The van der Waals surface area contributed by atoms with Gasteiger partial charge in [-0.15, -0.1) is 0 Å². The second-order valence-corrected chi connectivity index (χ2v) is 4.57. The SMILES string of the molecule is Cc1cccc(CCCNC(C)C)c1C. The molecule has 1 rings (SSSR count). The summed E-state index contributed by atoms with van der Waals surface area (Å²) in [6.07, 6.45) is 2.41. The van der Waals surface area contributed by atoms with Gasteiger partial charge in [0.1, 0.15) is 0 Å². The Labute approximate surface area is 93.9 Å². The van der Waals surface area contributed by atoms with Crippen LogP contribution in [-0.2, 0) is 6.42 Å². The van der Waals surface area contributed by atoms with Crippen molar-refractivity contribution in [2.75, 3.05) is 6.54 Å². The number of benzene rings is 1. The average molecular weight is 205 g/mol. The van der Waals surface area contributed by atoms with Crippen molar-refractivity contribution in [1.29, 1.82) is 0 Å². The summed E-state index contributed by atoms with van der Waals surface area (Å²) in [4.78, 5) is 0. The second-order valence-electron chi connectivity index (χ2n) is 4.57. The van der Waals surface area contributed by atoms with E-state index in [2.05, 4.69) is 51.2 Å². The number of hydrogen-bond donors (Lipinski definition) is 1. The highest BCUT2D eigenvalue weighted by Gasteiger charge is 2.00. The van der Waals surface area contributed by atoms with E-state index in [1.165, 1.54) is 29.5 Å². The second kappa shape index (κ2) is 5.92. The summed E-state index contributed by atoms with van der Waals surface area (Å²) in [6, 6.07) is 7.19. The standard InChI is InChI=1S/C14H23N/c1-11(2)15-10-6-9-14-8-5-7-12(3)13(14)4/h5,7-8,11,15H,6,9-10H2,1-4H3. The van der Waals surface area contributed by atoms with E-state index in [-0.39, 0.29) is 0 Å². The van der Waals surface area contributed by atoms with Crippen LogP contribution < -0.4 is 5.32 Å². The summed E-state index contributed by atoms with van der Waals surface area (Å²) in [5.41, 5.74) is 4.37. The summed E-state index contributed by atoms with van der Waals surface area (Å²) in [6.45, 7) is 9.91. The van der Waals surface area contributed by atoms with E-state index in [9.17, 15) is 0 Å². The average Bonchev–Trinajstić information content (AvgIpc) is 2.18. The Balaban J connectivity index is 2.41. The molecule has 0 saturated carbocycles. The third-order valence-corrected chi connectivity index (χ3v) is 2.89. The quantitative estimate of drug-likeness (QED) is 0.728. The Bertz CT molecular complexity index is 302. The first-order valence-electron chi connectivity index (χ1n) is 5.89. The monoisotopic (exact) mass is 205 g/mol. The lowest BCUT2D eigenvalue weighted by Crippen LogP contribution is -2.23. The van der Waals surface area contributed by atoms with Gasteiger partial charge in [0.05, 0.1) is 0 Å². The van der Waals surface area contributed by atoms with Crippen molar-refractivity contribution in [2.45, 2.75) is 46.6 Å². The van der Waals surface area contributed by atoms with Gasteiger partial charge < -0.3 is 5.32 Å². The topological polar surface area (TPSA) is 12.0 Å². The molecule has 0 heterocycles. The van der Waals surface area contributed by atoms with Gasteiger partial charge in [-0.05, 0) is 49.9 Å². The van der Waals surface area contributed by atoms with Crippen molar-refractivity contribution in [3.63, 3.8) is 0 Å². The minimum Gasteiger partial charge on any atom is -0.315 e. The zero-order valence-electron chi connectivity index (χ0n) is 10.4. The van der Waals surface area contributed by atoms with Gasteiger partial charge in [0.2, 0.25) is 0 Å². The van der Waals surface area contributed by atoms with Crippen molar-refractivity contribution >= 4 is 0 Å². The molecule has 0 aromatic heterocycles. The smallest absolute Gasteiger partial charge is 0.00103 e. The molecule has 1 aromatic rings. The molecule has 0 radical (unpaired) electrons. The van der Waals surface area contributed by atoms with Crippen LogP contribution in [0.15, 0.2) is 18.2 Å². The van der Waals surface area contributed by atoms with Gasteiger partial charge in [-0.1, -0.05) is 32.0 Å². The lowest BCUT2D eigenvalue weighted by Gasteiger charge is -2.10. The first-order chi connectivity index (χ1) is 7.11. The minimum atomic E-state index is 0.601. The third-order valence-electron chi connectivity index (χ3n) is 2.89. The van der Waals surface area contributed by atoms with Crippen molar-refractivity contribution in [1.82, 2.24) is 5.32 Å². The summed E-state index contributed by atoms with van der Waals surface area (Å²) in [7, 11) is 0. The van der Waals surface area contributed by atoms with Crippen molar-refractivity contribution in [2.24, 2.45) is 0 Å². The minimum absolute atomic E-state index is 0.601. The van der Waals surface area contributed by atoms with Gasteiger partial charge in [0.25, 0.3) is 0 Å². The van der Waals surface area contributed by atoms with Crippen molar-refractivity contribution in [3.8, 4) is 0 Å². The first-order valence-corrected chi connectivity index (χ1v) is 5.89. The van der Waals surface area contributed by atoms with Crippen LogP contribution in [-0.4, -0.2) is 12.6 Å². The van der Waals surface area contributed by atoms with Crippen LogP contribution in [0, 0.1) is 13.8 Å². The highest BCUT2D eigenvalue weighted by molar-refractivity contribution is 5.33. The van der Waals surface area contributed by atoms with E-state index >= 15 is 0 Å². The van der Waals surface area contributed by atoms with Gasteiger partial charge in [-0.25, -0.2) is 0 Å². The Kier molecular flexibility index (Phi) is 4.83. The van der Waals surface area contributed by atoms with Crippen LogP contribution in [0.3, 0.4) is 0 Å². The summed E-state index contributed by atoms with van der Waals surface area (Å²) < 4.78 is 0. The molecule has 0 unspecified atom stereocenters. The highest BCUT2D eigenvalue weighted by Crippen LogP contribution is 2.14. The molecular formula is C14H23N. The van der Waals surface area contributed by atoms with Crippen LogP contribution in [0.4, 0.5) is 0 Å². The molecular weight excluding hydrogens is 182 g/mol. The Morgan fingerprint density at radius 3 is 2.60 bits per heavy atom. The summed E-state index contributed by atoms with van der Waals surface area (Å²) >= 11 is 0. The predicted octanol–water partition coefficient (Wildman–Crippen LogP) is 3.23. The van der Waals surface area contributed by atoms with Crippen molar-refractivity contribution in [3.05, 3.63) is 34.9 Å². The molecule has 0 atom stereocenters. The van der Waals surface area contributed by atoms with Crippen LogP contribution >= 0.6 is 0 Å². The van der Waals surface area contributed by atoms with Gasteiger partial charge in [0.15, 0.2) is 0 Å². The van der Waals surface area contributed by atoms with Crippen LogP contribution in [0.2, 0.25) is 0 Å². The molecule has 0 aliphatic heterocycles. The molecule has 1 aromatic carbocycles. The van der Waals surface area contributed by atoms with E-state index in [1.54, 1.807) is 0 Å². The Morgan fingerprint density at radius 2 is 1.93 bits per heavy atom. The fraction of sp³-hybridized carbons (Fsp3) is 0.571. The maximum absolute atomic E-state index is 3.45. The van der Waals surface area contributed by atoms with E-state index in [0.29, 0.717) is 6.04 Å². The van der Waals surface area contributed by atoms with Gasteiger partial charge >= 0.3 is 0 Å². The molecule has 0 aliphatic rings. The lowest BCUT2D eigenvalue weighted by molar-refractivity contribution is 0.570. The highest BCUT2D eigenvalue weighted by atomic mass is 14.9. The molecule has 1 nitrogen and oxygen atoms in total. The lowest BCUT2D eigenvalue weighted by atomic mass is 10.00. The third kappa shape index (κ3) is 4.05. The van der Waals surface area contributed by atoms with E-state index in [4.69, 9.17) is 0 Å². The Morgan fingerprint density at radius 1 is 1.20 bits per heavy atom. The number of aryl methyl sites for hydroxylation is 2. The molecule has 1 N–H and O–H groups in total. The number of hydrogen-bond acceptors (Lipinski definition) is 1. The number of nitrogens with one attached hydrogen (secondary N) is 1. The van der Waals surface area contributed by atoms with Gasteiger partial charge in [0, 0.05) is 6.04 Å².